The van der Waals surface area contributed by atoms with E-state index in [1.807, 2.05) is 108 Å². The van der Waals surface area contributed by atoms with E-state index in [4.69, 9.17) is 5.10 Å². The SMILES string of the molecule is CCN1CCC(c2cc3c(F)cc(-c4cc(C(C)C)c5nc(C)cn5n4)cc3nn2)CC1.Cc1cn2nc(-c3cc(F)c4cc(N5CC6(CCNCC6)C5)nnc4c3)cc(C)c2n1.Cc1cn2nc(-c3cc(F)c4cc(N5CCC6(CNC6)C5)nnc4c3)cc(C)c2n1. The molecule has 0 amide bonds. The summed E-state index contributed by atoms with van der Waals surface area (Å²) in [6, 6.07) is 21.7. The summed E-state index contributed by atoms with van der Waals surface area (Å²) in [5.41, 5.74) is 15.6. The van der Waals surface area contributed by atoms with Crippen LogP contribution in [0.1, 0.15) is 104 Å². The van der Waals surface area contributed by atoms with E-state index in [1.54, 1.807) is 19.6 Å². The van der Waals surface area contributed by atoms with Gasteiger partial charge in [0.2, 0.25) is 0 Å². The van der Waals surface area contributed by atoms with Crippen molar-refractivity contribution in [3.8, 4) is 33.8 Å². The molecule has 9 aromatic heterocycles. The second-order valence-electron chi connectivity index (χ2n) is 27.0. The molecular weight excluding hydrogens is 1180 g/mol. The number of nitrogens with zero attached hydrogens (tertiary/aromatic N) is 18. The van der Waals surface area contributed by atoms with Crippen LogP contribution in [0.5, 0.6) is 0 Å². The highest BCUT2D eigenvalue weighted by molar-refractivity contribution is 5.88. The standard InChI is InChI=1S/C25H29FN6.C23H24FN7.C22H22FN7/c1-5-31-8-6-17(7-9-31)22-13-20-21(26)10-18(11-24(20)29-28-22)23-12-19(15(2)3)25-27-16(4)14-32(25)30-23;1-14-7-19(29-31-11-15(2)26-22(14)31)16-8-18(24)17-10-21(28-27-20(17)9-16)30-12-23(13-30)3-5-25-6-4-23;1-13-5-18(28-30-9-14(2)25-21(13)30)15-6-17(23)16-8-20(27-26-19(16)7-15)29-4-3-22(12-29)10-24-11-22/h10-15,17H,5-9H2,1-4H3;7-11,25H,3-6,12-13H2,1-2H3;5-9,24H,3-4,10-12H2,1-2H3. The Morgan fingerprint density at radius 1 is 0.495 bits per heavy atom. The molecule has 0 unspecified atom stereocenters. The number of anilines is 2. The second kappa shape index (κ2) is 23.7. The Bertz CT molecular complexity index is 4880. The van der Waals surface area contributed by atoms with Gasteiger partial charge < -0.3 is 25.3 Å². The zero-order chi connectivity index (χ0) is 64.0. The molecule has 5 saturated heterocycles. The van der Waals surface area contributed by atoms with E-state index in [9.17, 15) is 0 Å². The zero-order valence-corrected chi connectivity index (χ0v) is 53.8. The molecule has 0 bridgehead atoms. The highest BCUT2D eigenvalue weighted by Gasteiger charge is 2.45. The average Bonchev–Trinajstić information content (AvgIpc) is 1.61. The minimum absolute atomic E-state index is 0.271. The molecule has 5 aliphatic rings. The van der Waals surface area contributed by atoms with Crippen molar-refractivity contribution in [2.45, 2.75) is 99.3 Å². The first kappa shape index (κ1) is 60.1. The van der Waals surface area contributed by atoms with Crippen LogP contribution < -0.4 is 20.4 Å². The van der Waals surface area contributed by atoms with Gasteiger partial charge in [0.1, 0.15) is 17.5 Å². The summed E-state index contributed by atoms with van der Waals surface area (Å²) in [7, 11) is 0. The topological polar surface area (TPSA) is 202 Å². The summed E-state index contributed by atoms with van der Waals surface area (Å²) < 4.78 is 50.8. The molecule has 5 fully saturated rings. The minimum atomic E-state index is -0.306. The highest BCUT2D eigenvalue weighted by atomic mass is 19.1. The van der Waals surface area contributed by atoms with Gasteiger partial charge in [-0.2, -0.15) is 25.5 Å². The normalized spacial score (nSPS) is 17.3. The van der Waals surface area contributed by atoms with Crippen molar-refractivity contribution >= 4 is 61.3 Å². The van der Waals surface area contributed by atoms with Gasteiger partial charge in [-0.25, -0.2) is 41.7 Å². The van der Waals surface area contributed by atoms with E-state index in [0.29, 0.717) is 83.2 Å². The van der Waals surface area contributed by atoms with E-state index in [2.05, 4.69) is 102 Å². The van der Waals surface area contributed by atoms with Crippen molar-refractivity contribution in [1.82, 2.24) is 89.9 Å². The van der Waals surface area contributed by atoms with Crippen molar-refractivity contribution in [3.63, 3.8) is 0 Å². The molecular formula is C70H75F3N20. The molecule has 17 rings (SSSR count). The number of halogens is 3. The van der Waals surface area contributed by atoms with Crippen LogP contribution in [0.4, 0.5) is 24.8 Å². The van der Waals surface area contributed by atoms with Crippen LogP contribution in [-0.4, -0.2) is 151 Å². The maximum Gasteiger partial charge on any atom is 0.157 e. The number of hydrogen-bond donors (Lipinski definition) is 2. The van der Waals surface area contributed by atoms with Gasteiger partial charge in [-0.05, 0) is 189 Å². The lowest BCUT2D eigenvalue weighted by atomic mass is 9.72. The molecule has 3 aromatic carbocycles. The smallest absolute Gasteiger partial charge is 0.157 e. The van der Waals surface area contributed by atoms with E-state index >= 15 is 13.2 Å². The Labute approximate surface area is 536 Å². The third-order valence-electron chi connectivity index (χ3n) is 19.8. The molecule has 12 aromatic rings. The molecule has 0 atom stereocenters. The van der Waals surface area contributed by atoms with Crippen LogP contribution in [0.2, 0.25) is 0 Å². The van der Waals surface area contributed by atoms with Crippen LogP contribution in [0.15, 0.2) is 91.4 Å². The van der Waals surface area contributed by atoms with E-state index < -0.39 is 0 Å². The Morgan fingerprint density at radius 3 is 1.44 bits per heavy atom. The summed E-state index contributed by atoms with van der Waals surface area (Å²) in [4.78, 5) is 20.4. The quantitative estimate of drug-likeness (QED) is 0.145. The third-order valence-corrected chi connectivity index (χ3v) is 19.8. The number of piperidine rings is 2. The summed E-state index contributed by atoms with van der Waals surface area (Å²) in [5, 5.41) is 48.7. The van der Waals surface area contributed by atoms with Crippen molar-refractivity contribution < 1.29 is 13.2 Å². The van der Waals surface area contributed by atoms with Crippen LogP contribution in [0.3, 0.4) is 0 Å². The van der Waals surface area contributed by atoms with Crippen LogP contribution in [0.25, 0.3) is 83.4 Å². The fourth-order valence-electron chi connectivity index (χ4n) is 14.3. The predicted octanol–water partition coefficient (Wildman–Crippen LogP) is 11.3. The van der Waals surface area contributed by atoms with Gasteiger partial charge >= 0.3 is 0 Å². The van der Waals surface area contributed by atoms with Gasteiger partial charge in [0.05, 0.1) is 75.0 Å². The number of imidazole rings is 3. The minimum Gasteiger partial charge on any atom is -0.354 e. The molecule has 14 heterocycles. The predicted molar refractivity (Wildman–Crippen MR) is 355 cm³/mol. The molecule has 2 N–H and O–H groups in total. The lowest BCUT2D eigenvalue weighted by Crippen LogP contribution is -2.60. The van der Waals surface area contributed by atoms with Crippen molar-refractivity contribution in [3.05, 3.63) is 148 Å². The lowest BCUT2D eigenvalue weighted by molar-refractivity contribution is 0.149. The van der Waals surface area contributed by atoms with Crippen molar-refractivity contribution in [2.75, 3.05) is 81.8 Å². The number of fused-ring (bicyclic) bond motifs is 6. The molecule has 2 spiro atoms. The molecule has 5 aliphatic heterocycles. The average molecular weight is 1250 g/mol. The summed E-state index contributed by atoms with van der Waals surface area (Å²) in [5.74, 6) is 1.23. The molecule has 476 valence electrons. The highest BCUT2D eigenvalue weighted by Crippen LogP contribution is 2.42. The number of aromatic nitrogens is 15. The first-order valence-electron chi connectivity index (χ1n) is 32.5. The lowest BCUT2D eigenvalue weighted by Gasteiger charge is -2.52. The summed E-state index contributed by atoms with van der Waals surface area (Å²) in [6.45, 7) is 27.5. The monoisotopic (exact) mass is 1250 g/mol. The molecule has 93 heavy (non-hydrogen) atoms. The molecule has 0 saturated carbocycles. The molecule has 0 radical (unpaired) electrons. The number of nitrogens with one attached hydrogen (secondary N) is 2. The van der Waals surface area contributed by atoms with Gasteiger partial charge in [0.25, 0.3) is 0 Å². The maximum atomic E-state index is 15.3. The number of benzene rings is 3. The van der Waals surface area contributed by atoms with Gasteiger partial charge in [0, 0.05) is 94.4 Å². The Hall–Kier alpha value is -9.19. The Morgan fingerprint density at radius 2 is 0.957 bits per heavy atom. The fraction of sp³-hybridized carbons (Fsp3) is 0.400. The Kier molecular flexibility index (Phi) is 15.3. The first-order valence-corrected chi connectivity index (χ1v) is 32.5. The van der Waals surface area contributed by atoms with Gasteiger partial charge in [-0.15, -0.1) is 20.4 Å². The van der Waals surface area contributed by atoms with Crippen molar-refractivity contribution in [1.29, 1.82) is 0 Å². The largest absolute Gasteiger partial charge is 0.354 e. The summed E-state index contributed by atoms with van der Waals surface area (Å²) >= 11 is 0. The molecule has 20 nitrogen and oxygen atoms in total. The van der Waals surface area contributed by atoms with E-state index in [0.717, 1.165) is 159 Å². The second-order valence-corrected chi connectivity index (χ2v) is 27.0. The fourth-order valence-corrected chi connectivity index (χ4v) is 14.3. The number of likely N-dealkylation sites (tertiary alicyclic amines) is 1. The number of aryl methyl sites for hydroxylation is 5. The molecule has 0 aliphatic carbocycles. The Balaban J connectivity index is 0.000000115. The van der Waals surface area contributed by atoms with Crippen LogP contribution >= 0.6 is 0 Å². The maximum absolute atomic E-state index is 15.3. The van der Waals surface area contributed by atoms with Gasteiger partial charge in [-0.1, -0.05) is 20.8 Å². The van der Waals surface area contributed by atoms with Crippen molar-refractivity contribution in [2.24, 2.45) is 10.8 Å². The third kappa shape index (κ3) is 11.5. The number of rotatable bonds is 8. The van der Waals surface area contributed by atoms with Gasteiger partial charge in [0.15, 0.2) is 28.6 Å². The van der Waals surface area contributed by atoms with E-state index in [1.165, 1.54) is 25.0 Å². The van der Waals surface area contributed by atoms with Gasteiger partial charge in [-0.3, -0.25) is 0 Å². The summed E-state index contributed by atoms with van der Waals surface area (Å²) in [6.07, 6.45) is 11.2. The number of hydrogen-bond acceptors (Lipinski definition) is 17. The van der Waals surface area contributed by atoms with E-state index in [-0.39, 0.29) is 23.4 Å². The zero-order valence-electron chi connectivity index (χ0n) is 53.8. The first-order chi connectivity index (χ1) is 44.9. The van der Waals surface area contributed by atoms with Crippen LogP contribution in [0, 0.1) is 62.9 Å². The van der Waals surface area contributed by atoms with Crippen LogP contribution in [-0.2, 0) is 0 Å². The molecule has 23 heteroatoms.